The van der Waals surface area contributed by atoms with Crippen molar-refractivity contribution in [2.45, 2.75) is 69.2 Å². The molecule has 1 fully saturated rings. The van der Waals surface area contributed by atoms with Crippen LogP contribution in [-0.2, 0) is 44.2 Å². The third kappa shape index (κ3) is 6.32. The molecular formula is C40H41FN4O7Si. The number of non-ortho nitro benzene ring substituents is 1. The number of hydrogen-bond acceptors (Lipinski definition) is 7. The van der Waals surface area contributed by atoms with Crippen LogP contribution in [0.3, 0.4) is 0 Å². The number of ether oxygens (including phenoxy) is 1. The van der Waals surface area contributed by atoms with Gasteiger partial charge in [0.15, 0.2) is 5.60 Å². The van der Waals surface area contributed by atoms with E-state index in [1.165, 1.54) is 41.1 Å². The predicted octanol–water partition coefficient (Wildman–Crippen LogP) is 6.55. The van der Waals surface area contributed by atoms with E-state index in [4.69, 9.17) is 4.74 Å². The van der Waals surface area contributed by atoms with Gasteiger partial charge in [-0.05, 0) is 66.5 Å². The molecular weight excluding hydrogens is 696 g/mol. The molecule has 3 aliphatic rings. The van der Waals surface area contributed by atoms with Crippen LogP contribution in [0.2, 0.25) is 18.6 Å². The van der Waals surface area contributed by atoms with Crippen molar-refractivity contribution >= 4 is 49.4 Å². The summed E-state index contributed by atoms with van der Waals surface area (Å²) < 4.78 is 23.3. The summed E-state index contributed by atoms with van der Waals surface area (Å²) in [6, 6.07) is 27.7. The number of halogens is 1. The number of fused-ring (bicyclic) bond motifs is 3. The molecule has 0 saturated carbocycles. The Labute approximate surface area is 307 Å². The SMILES string of the molecule is C[C@@H]1[C@@H]([Si](C)(C)F)[C@H](CC(=O)N2Cc3ccccc3C[C@H]2CO)O[C@@]12C(=O)N(Cc1cccc(N(C=O)c3ccccc3)c1)c1ccc([N+](=O)[O-])cc12. The van der Waals surface area contributed by atoms with Crippen LogP contribution in [0.5, 0.6) is 0 Å². The van der Waals surface area contributed by atoms with Gasteiger partial charge in [-0.3, -0.25) is 29.4 Å². The zero-order valence-electron chi connectivity index (χ0n) is 29.7. The van der Waals surface area contributed by atoms with Gasteiger partial charge >= 0.3 is 0 Å². The predicted molar refractivity (Wildman–Crippen MR) is 200 cm³/mol. The van der Waals surface area contributed by atoms with Gasteiger partial charge in [0.2, 0.25) is 20.7 Å². The molecule has 13 heteroatoms. The number of hydrogen-bond donors (Lipinski definition) is 1. The zero-order valence-corrected chi connectivity index (χ0v) is 30.7. The molecule has 3 amide bonds. The number of nitro groups is 1. The normalized spacial score (nSPS) is 23.5. The van der Waals surface area contributed by atoms with Crippen molar-refractivity contribution in [2.75, 3.05) is 16.4 Å². The first-order valence-electron chi connectivity index (χ1n) is 17.7. The molecule has 0 aliphatic carbocycles. The van der Waals surface area contributed by atoms with Crippen molar-refractivity contribution in [1.29, 1.82) is 0 Å². The summed E-state index contributed by atoms with van der Waals surface area (Å²) in [5.74, 6) is -1.61. The minimum absolute atomic E-state index is 0.0346. The van der Waals surface area contributed by atoms with Crippen LogP contribution in [0, 0.1) is 16.0 Å². The third-order valence-corrected chi connectivity index (χ3v) is 13.5. The topological polar surface area (TPSA) is 134 Å². The van der Waals surface area contributed by atoms with Crippen LogP contribution in [0.25, 0.3) is 0 Å². The van der Waals surface area contributed by atoms with E-state index in [1.807, 2.05) is 48.5 Å². The molecule has 53 heavy (non-hydrogen) atoms. The number of nitro benzene ring substituents is 1. The van der Waals surface area contributed by atoms with E-state index in [9.17, 15) is 29.6 Å². The monoisotopic (exact) mass is 736 g/mol. The zero-order chi connectivity index (χ0) is 37.7. The van der Waals surface area contributed by atoms with E-state index in [0.717, 1.165) is 11.1 Å². The summed E-state index contributed by atoms with van der Waals surface area (Å²) in [6.45, 7) is 4.87. The maximum atomic E-state index is 16.5. The summed E-state index contributed by atoms with van der Waals surface area (Å²) in [6.07, 6.45) is -0.0514. The fourth-order valence-electron chi connectivity index (χ4n) is 8.68. The Kier molecular flexibility index (Phi) is 9.51. The lowest BCUT2D eigenvalue weighted by molar-refractivity contribution is -0.385. The number of aliphatic hydroxyl groups is 1. The maximum Gasteiger partial charge on any atom is 0.269 e. The summed E-state index contributed by atoms with van der Waals surface area (Å²) in [4.78, 5) is 57.4. The number of carbonyl (C=O) groups is 3. The minimum Gasteiger partial charge on any atom is -0.394 e. The van der Waals surface area contributed by atoms with Gasteiger partial charge < -0.3 is 23.8 Å². The Morgan fingerprint density at radius 2 is 1.74 bits per heavy atom. The first-order valence-corrected chi connectivity index (χ1v) is 20.7. The molecule has 11 nitrogen and oxygen atoms in total. The standard InChI is InChI=1S/C40H41FN4O7Si/c1-26-38(53(2,3)41)36(21-37(48)42-23-29-12-8-7-11-28(29)19-33(42)24-46)52-40(26)34-20-32(45(50)51)16-17-35(34)43(39(40)49)22-27-10-9-15-31(18-27)44(25-47)30-13-5-4-6-14-30/h4-18,20,25-26,33,36,38,46H,19,21-24H2,1-3H3/t26-,33+,36+,38-,40+/m1/s1. The van der Waals surface area contributed by atoms with Crippen molar-refractivity contribution < 1.29 is 33.3 Å². The molecule has 4 aromatic carbocycles. The second-order valence-corrected chi connectivity index (χ2v) is 18.4. The molecule has 3 aliphatic heterocycles. The molecule has 7 rings (SSSR count). The molecule has 0 radical (unpaired) electrons. The largest absolute Gasteiger partial charge is 0.394 e. The number of aliphatic hydroxyl groups excluding tert-OH is 1. The fraction of sp³-hybridized carbons (Fsp3) is 0.325. The van der Waals surface area contributed by atoms with E-state index >= 15 is 4.11 Å². The van der Waals surface area contributed by atoms with E-state index in [1.54, 1.807) is 42.2 Å². The van der Waals surface area contributed by atoms with Gasteiger partial charge in [-0.25, -0.2) is 0 Å². The van der Waals surface area contributed by atoms with Crippen LogP contribution in [0.1, 0.15) is 35.6 Å². The Balaban J connectivity index is 1.25. The average molecular weight is 737 g/mol. The lowest BCUT2D eigenvalue weighted by atomic mass is 9.82. The highest BCUT2D eigenvalue weighted by atomic mass is 28.4. The Bertz CT molecular complexity index is 2080. The second kappa shape index (κ2) is 14.0. The van der Waals surface area contributed by atoms with Crippen molar-refractivity contribution in [3.8, 4) is 0 Å². The quantitative estimate of drug-likeness (QED) is 0.0642. The van der Waals surface area contributed by atoms with Gasteiger partial charge in [0.1, 0.15) is 0 Å². The number of rotatable bonds is 10. The number of carbonyl (C=O) groups excluding carboxylic acids is 3. The molecule has 0 bridgehead atoms. The number of nitrogens with zero attached hydrogens (tertiary/aromatic N) is 4. The summed E-state index contributed by atoms with van der Waals surface area (Å²) in [7, 11) is -3.67. The van der Waals surface area contributed by atoms with Gasteiger partial charge in [0.25, 0.3) is 11.6 Å². The molecule has 0 unspecified atom stereocenters. The lowest BCUT2D eigenvalue weighted by Gasteiger charge is -2.37. The Morgan fingerprint density at radius 1 is 1.04 bits per heavy atom. The van der Waals surface area contributed by atoms with E-state index in [2.05, 4.69) is 0 Å². The Hall–Kier alpha value is -5.24. The molecule has 5 atom stereocenters. The van der Waals surface area contributed by atoms with Gasteiger partial charge in [-0.15, -0.1) is 0 Å². The van der Waals surface area contributed by atoms with Gasteiger partial charge in [0, 0.05) is 47.1 Å². The molecule has 1 saturated heterocycles. The van der Waals surface area contributed by atoms with E-state index in [0.29, 0.717) is 35.5 Å². The van der Waals surface area contributed by atoms with Crippen LogP contribution in [0.15, 0.2) is 97.1 Å². The highest BCUT2D eigenvalue weighted by Gasteiger charge is 2.67. The molecule has 274 valence electrons. The fourth-order valence-corrected chi connectivity index (χ4v) is 11.2. The molecule has 1 N–H and O–H groups in total. The van der Waals surface area contributed by atoms with Crippen molar-refractivity contribution in [3.05, 3.63) is 129 Å². The van der Waals surface area contributed by atoms with Gasteiger partial charge in [-0.1, -0.05) is 61.5 Å². The first-order chi connectivity index (χ1) is 25.4. The van der Waals surface area contributed by atoms with Crippen molar-refractivity contribution in [1.82, 2.24) is 4.90 Å². The number of anilines is 3. The third-order valence-electron chi connectivity index (χ3n) is 11.1. The smallest absolute Gasteiger partial charge is 0.269 e. The summed E-state index contributed by atoms with van der Waals surface area (Å²) in [5, 5.41) is 22.3. The molecule has 4 aromatic rings. The molecule has 1 spiro atoms. The highest BCUT2D eigenvalue weighted by Crippen LogP contribution is 2.61. The summed E-state index contributed by atoms with van der Waals surface area (Å²) in [5.41, 5.74) is 1.72. The lowest BCUT2D eigenvalue weighted by Crippen LogP contribution is -2.48. The first kappa shape index (κ1) is 36.1. The molecule has 3 heterocycles. The number of amides is 3. The van der Waals surface area contributed by atoms with Crippen LogP contribution < -0.4 is 9.80 Å². The minimum atomic E-state index is -3.67. The van der Waals surface area contributed by atoms with Crippen LogP contribution in [0.4, 0.5) is 26.9 Å². The number of benzene rings is 4. The second-order valence-electron chi connectivity index (χ2n) is 14.6. The van der Waals surface area contributed by atoms with Gasteiger partial charge in [0.05, 0.1) is 42.3 Å². The number of para-hydroxylation sites is 1. The van der Waals surface area contributed by atoms with E-state index < -0.39 is 48.4 Å². The van der Waals surface area contributed by atoms with Crippen molar-refractivity contribution in [2.24, 2.45) is 5.92 Å². The van der Waals surface area contributed by atoms with E-state index in [-0.39, 0.29) is 43.3 Å². The highest BCUT2D eigenvalue weighted by molar-refractivity contribution is 6.72. The van der Waals surface area contributed by atoms with Crippen LogP contribution >= 0.6 is 0 Å². The maximum absolute atomic E-state index is 16.5. The van der Waals surface area contributed by atoms with Crippen molar-refractivity contribution in [3.63, 3.8) is 0 Å². The summed E-state index contributed by atoms with van der Waals surface area (Å²) >= 11 is 0. The average Bonchev–Trinajstić information content (AvgIpc) is 3.57. The Morgan fingerprint density at radius 3 is 2.42 bits per heavy atom. The van der Waals surface area contributed by atoms with Crippen LogP contribution in [-0.4, -0.2) is 60.3 Å². The van der Waals surface area contributed by atoms with Gasteiger partial charge in [-0.2, -0.15) is 0 Å². The molecule has 0 aromatic heterocycles.